The summed E-state index contributed by atoms with van der Waals surface area (Å²) in [7, 11) is 0. The molecule has 29 heavy (non-hydrogen) atoms. The normalized spacial score (nSPS) is 11.9. The first-order valence-electron chi connectivity index (χ1n) is 9.29. The predicted molar refractivity (Wildman–Crippen MR) is 123 cm³/mol. The zero-order valence-electron chi connectivity index (χ0n) is 16.3. The molecule has 1 heterocycles. The maximum atomic E-state index is 12.2. The van der Waals surface area contributed by atoms with E-state index < -0.39 is 0 Å². The minimum Gasteiger partial charge on any atom is -0.462 e. The number of nitrogens with zero attached hydrogens (tertiary/aromatic N) is 2. The number of thiazole rings is 1. The quantitative estimate of drug-likeness (QED) is 0.114. The van der Waals surface area contributed by atoms with Crippen molar-refractivity contribution in [2.24, 2.45) is 5.10 Å². The van der Waals surface area contributed by atoms with Gasteiger partial charge in [-0.25, -0.2) is 9.78 Å². The van der Waals surface area contributed by atoms with E-state index in [1.54, 1.807) is 30.5 Å². The molecule has 7 heteroatoms. The smallest absolute Gasteiger partial charge is 0.334 e. The molecule has 0 amide bonds. The van der Waals surface area contributed by atoms with Gasteiger partial charge in [0.1, 0.15) is 0 Å². The lowest BCUT2D eigenvalue weighted by atomic mass is 10.2. The van der Waals surface area contributed by atoms with Crippen LogP contribution in [0, 0.1) is 0 Å². The van der Waals surface area contributed by atoms with E-state index in [1.807, 2.05) is 36.6 Å². The summed E-state index contributed by atoms with van der Waals surface area (Å²) < 4.78 is 5.28. The van der Waals surface area contributed by atoms with E-state index >= 15 is 0 Å². The summed E-state index contributed by atoms with van der Waals surface area (Å²) in [5.74, 6) is -0.339. The molecule has 2 rings (SSSR count). The molecule has 0 fully saturated rings. The van der Waals surface area contributed by atoms with Gasteiger partial charge in [0.15, 0.2) is 0 Å². The van der Waals surface area contributed by atoms with Crippen LogP contribution >= 0.6 is 22.9 Å². The molecule has 2 aromatic rings. The minimum absolute atomic E-state index is 0.336. The highest BCUT2D eigenvalue weighted by Crippen LogP contribution is 2.30. The van der Waals surface area contributed by atoms with E-state index in [4.69, 9.17) is 16.3 Å². The van der Waals surface area contributed by atoms with E-state index in [1.165, 1.54) is 11.3 Å². The van der Waals surface area contributed by atoms with Gasteiger partial charge in [0.25, 0.3) is 0 Å². The molecule has 1 N–H and O–H groups in total. The second kappa shape index (κ2) is 12.7. The van der Waals surface area contributed by atoms with Crippen LogP contribution in [0.3, 0.4) is 0 Å². The monoisotopic (exact) mass is 429 g/mol. The van der Waals surface area contributed by atoms with Crippen LogP contribution in [-0.4, -0.2) is 23.8 Å². The lowest BCUT2D eigenvalue weighted by Gasteiger charge is -2.05. The molecule has 1 aromatic heterocycles. The average Bonchev–Trinajstić information content (AvgIpc) is 3.19. The first-order valence-corrected chi connectivity index (χ1v) is 10.5. The van der Waals surface area contributed by atoms with Gasteiger partial charge in [-0.1, -0.05) is 74.0 Å². The summed E-state index contributed by atoms with van der Waals surface area (Å²) in [6, 6.07) is 7.54. The highest BCUT2D eigenvalue weighted by atomic mass is 35.5. The Hall–Kier alpha value is -2.70. The van der Waals surface area contributed by atoms with Crippen molar-refractivity contribution in [2.45, 2.75) is 26.2 Å². The predicted octanol–water partition coefficient (Wildman–Crippen LogP) is 6.26. The van der Waals surface area contributed by atoms with Crippen molar-refractivity contribution in [3.8, 4) is 11.3 Å². The molecular weight excluding hydrogens is 406 g/mol. The number of halogens is 1. The number of nitrogens with one attached hydrogen (secondary N) is 1. The van der Waals surface area contributed by atoms with Gasteiger partial charge in [0.05, 0.1) is 12.3 Å². The lowest BCUT2D eigenvalue weighted by Crippen LogP contribution is -2.09. The Bertz CT molecular complexity index is 903. The van der Waals surface area contributed by atoms with Gasteiger partial charge in [-0.3, -0.25) is 5.43 Å². The Kier molecular flexibility index (Phi) is 9.89. The first kappa shape index (κ1) is 22.6. The SMILES string of the molecule is C=C/C=C\C=C(/C/C=N/Nc1nc(-c2ccccc2Cl)cs1)C(=O)OCCCC. The molecule has 0 bridgehead atoms. The minimum atomic E-state index is -0.339. The number of benzene rings is 1. The Morgan fingerprint density at radius 3 is 2.97 bits per heavy atom. The molecule has 0 aliphatic rings. The van der Waals surface area contributed by atoms with Crippen LogP contribution in [0.1, 0.15) is 26.2 Å². The number of hydrogen-bond acceptors (Lipinski definition) is 6. The van der Waals surface area contributed by atoms with E-state index in [-0.39, 0.29) is 5.97 Å². The zero-order chi connectivity index (χ0) is 20.9. The summed E-state index contributed by atoms with van der Waals surface area (Å²) in [5.41, 5.74) is 5.06. The number of hydrogen-bond donors (Lipinski definition) is 1. The Morgan fingerprint density at radius 2 is 2.21 bits per heavy atom. The molecule has 0 spiro atoms. The van der Waals surface area contributed by atoms with Gasteiger partial charge >= 0.3 is 5.97 Å². The fourth-order valence-corrected chi connectivity index (χ4v) is 3.13. The Balaban J connectivity index is 1.96. The highest BCUT2D eigenvalue weighted by Gasteiger charge is 2.09. The van der Waals surface area contributed by atoms with Gasteiger partial charge in [-0.15, -0.1) is 11.3 Å². The van der Waals surface area contributed by atoms with Crippen molar-refractivity contribution in [2.75, 3.05) is 12.0 Å². The number of aromatic nitrogens is 1. The molecule has 0 atom stereocenters. The fraction of sp³-hybridized carbons (Fsp3) is 0.227. The van der Waals surface area contributed by atoms with Crippen LogP contribution in [0.4, 0.5) is 5.13 Å². The first-order chi connectivity index (χ1) is 14.2. The van der Waals surface area contributed by atoms with Crippen LogP contribution in [0.15, 0.2) is 71.2 Å². The Labute approximate surface area is 180 Å². The van der Waals surface area contributed by atoms with Crippen molar-refractivity contribution in [1.29, 1.82) is 0 Å². The fourth-order valence-electron chi connectivity index (χ4n) is 2.23. The summed E-state index contributed by atoms with van der Waals surface area (Å²) in [5, 5.41) is 7.36. The van der Waals surface area contributed by atoms with Crippen LogP contribution in [0.5, 0.6) is 0 Å². The number of ether oxygens (including phenoxy) is 1. The molecule has 0 radical (unpaired) electrons. The van der Waals surface area contributed by atoms with Crippen molar-refractivity contribution >= 4 is 40.3 Å². The summed E-state index contributed by atoms with van der Waals surface area (Å²) in [4.78, 5) is 16.7. The molecule has 0 aliphatic carbocycles. The molecule has 5 nitrogen and oxygen atoms in total. The van der Waals surface area contributed by atoms with Gasteiger partial charge in [0, 0.05) is 34.2 Å². The number of carbonyl (C=O) groups excluding carboxylic acids is 1. The molecule has 152 valence electrons. The summed E-state index contributed by atoms with van der Waals surface area (Å²) >= 11 is 7.64. The highest BCUT2D eigenvalue weighted by molar-refractivity contribution is 7.14. The van der Waals surface area contributed by atoms with Gasteiger partial charge in [-0.05, 0) is 12.5 Å². The van der Waals surface area contributed by atoms with E-state index in [2.05, 4.69) is 22.1 Å². The number of unbranched alkanes of at least 4 members (excludes halogenated alkanes) is 1. The van der Waals surface area contributed by atoms with Crippen molar-refractivity contribution < 1.29 is 9.53 Å². The maximum absolute atomic E-state index is 12.2. The third-order valence-corrected chi connectivity index (χ3v) is 4.83. The van der Waals surface area contributed by atoms with Crippen LogP contribution in [0.25, 0.3) is 11.3 Å². The van der Waals surface area contributed by atoms with Crippen LogP contribution in [-0.2, 0) is 9.53 Å². The maximum Gasteiger partial charge on any atom is 0.334 e. The summed E-state index contributed by atoms with van der Waals surface area (Å²) in [6.07, 6.45) is 10.6. The molecule has 1 aromatic carbocycles. The van der Waals surface area contributed by atoms with Gasteiger partial charge in [0.2, 0.25) is 5.13 Å². The van der Waals surface area contributed by atoms with Crippen LogP contribution in [0.2, 0.25) is 5.02 Å². The number of carbonyl (C=O) groups is 1. The number of esters is 1. The third-order valence-electron chi connectivity index (χ3n) is 3.75. The number of anilines is 1. The molecule has 0 aliphatic heterocycles. The average molecular weight is 430 g/mol. The van der Waals surface area contributed by atoms with Crippen molar-refractivity contribution in [3.63, 3.8) is 0 Å². The second-order valence-corrected chi connectivity index (χ2v) is 7.21. The van der Waals surface area contributed by atoms with Crippen molar-refractivity contribution in [1.82, 2.24) is 4.98 Å². The van der Waals surface area contributed by atoms with E-state index in [9.17, 15) is 4.79 Å². The van der Waals surface area contributed by atoms with Crippen LogP contribution < -0.4 is 5.43 Å². The zero-order valence-corrected chi connectivity index (χ0v) is 17.9. The van der Waals surface area contributed by atoms with E-state index in [0.29, 0.717) is 28.8 Å². The lowest BCUT2D eigenvalue weighted by molar-refractivity contribution is -0.139. The molecule has 0 saturated carbocycles. The number of allylic oxidation sites excluding steroid dienone is 4. The number of rotatable bonds is 11. The standard InChI is InChI=1S/C22H24ClN3O2S/c1-3-5-7-10-17(21(27)28-15-6-4-2)13-14-24-26-22-25-20(16-29-22)18-11-8-9-12-19(18)23/h3,5,7-12,14,16H,1,4,6,13,15H2,2H3,(H,25,26)/b7-5-,17-10+,24-14+. The van der Waals surface area contributed by atoms with Crippen molar-refractivity contribution in [3.05, 3.63) is 71.1 Å². The molecular formula is C22H24ClN3O2S. The Morgan fingerprint density at radius 1 is 1.38 bits per heavy atom. The van der Waals surface area contributed by atoms with Gasteiger partial charge in [-0.2, -0.15) is 5.10 Å². The largest absolute Gasteiger partial charge is 0.462 e. The molecule has 0 saturated heterocycles. The number of hydrazone groups is 1. The summed E-state index contributed by atoms with van der Waals surface area (Å²) in [6.45, 7) is 6.08. The third kappa shape index (κ3) is 7.68. The van der Waals surface area contributed by atoms with E-state index in [0.717, 1.165) is 24.1 Å². The topological polar surface area (TPSA) is 63.6 Å². The second-order valence-electron chi connectivity index (χ2n) is 5.95. The van der Waals surface area contributed by atoms with Gasteiger partial charge < -0.3 is 4.74 Å². The molecule has 0 unspecified atom stereocenters.